The molecule has 0 saturated carbocycles. The van der Waals surface area contributed by atoms with Crippen LogP contribution in [0.2, 0.25) is 0 Å². The second-order valence-corrected chi connectivity index (χ2v) is 6.26. The van der Waals surface area contributed by atoms with Crippen LogP contribution in [-0.4, -0.2) is 17.5 Å². The molecule has 0 radical (unpaired) electrons. The van der Waals surface area contributed by atoms with E-state index in [2.05, 4.69) is 6.92 Å². The fourth-order valence-corrected chi connectivity index (χ4v) is 2.06. The lowest BCUT2D eigenvalue weighted by atomic mass is 9.90. The van der Waals surface area contributed by atoms with E-state index < -0.39 is 11.2 Å². The standard InChI is InChI=1S/C16H23NO3/c1-6-7-12-8-13(11-18)10-14(9-12)17-19-15(2,3)16(4,5)20-17/h8-11H,6-7H2,1-5H3. The molecule has 2 rings (SSSR count). The van der Waals surface area contributed by atoms with Crippen molar-refractivity contribution >= 4 is 12.0 Å². The Bertz CT molecular complexity index is 492. The quantitative estimate of drug-likeness (QED) is 0.787. The Morgan fingerprint density at radius 2 is 1.70 bits per heavy atom. The van der Waals surface area contributed by atoms with Crippen LogP contribution >= 0.6 is 0 Å². The molecule has 1 aliphatic rings. The Labute approximate surface area is 120 Å². The van der Waals surface area contributed by atoms with E-state index in [1.165, 1.54) is 5.23 Å². The zero-order valence-corrected chi connectivity index (χ0v) is 12.9. The fourth-order valence-electron chi connectivity index (χ4n) is 2.06. The number of aldehydes is 1. The molecule has 4 nitrogen and oxygen atoms in total. The summed E-state index contributed by atoms with van der Waals surface area (Å²) in [6.45, 7) is 10.1. The van der Waals surface area contributed by atoms with Gasteiger partial charge in [0, 0.05) is 5.56 Å². The summed E-state index contributed by atoms with van der Waals surface area (Å²) in [7, 11) is 0. The molecule has 0 unspecified atom stereocenters. The number of aryl methyl sites for hydroxylation is 1. The van der Waals surface area contributed by atoms with Crippen molar-refractivity contribution in [1.82, 2.24) is 0 Å². The zero-order chi connectivity index (χ0) is 15.0. The molecule has 0 amide bonds. The summed E-state index contributed by atoms with van der Waals surface area (Å²) >= 11 is 0. The summed E-state index contributed by atoms with van der Waals surface area (Å²) in [5.74, 6) is 0. The predicted octanol–water partition coefficient (Wildman–Crippen LogP) is 3.69. The van der Waals surface area contributed by atoms with Gasteiger partial charge in [-0.05, 0) is 57.9 Å². The van der Waals surface area contributed by atoms with Gasteiger partial charge < -0.3 is 0 Å². The van der Waals surface area contributed by atoms with Crippen LogP contribution in [0.5, 0.6) is 0 Å². The normalized spacial score (nSPS) is 20.1. The van der Waals surface area contributed by atoms with Gasteiger partial charge in [-0.25, -0.2) is 9.68 Å². The van der Waals surface area contributed by atoms with Gasteiger partial charge in [0.15, 0.2) is 0 Å². The summed E-state index contributed by atoms with van der Waals surface area (Å²) in [5.41, 5.74) is 1.64. The largest absolute Gasteiger partial charge is 0.298 e. The topological polar surface area (TPSA) is 38.8 Å². The summed E-state index contributed by atoms with van der Waals surface area (Å²) in [6, 6.07) is 5.70. The third kappa shape index (κ3) is 2.72. The molecule has 1 fully saturated rings. The lowest BCUT2D eigenvalue weighted by molar-refractivity contribution is -0.0273. The second-order valence-electron chi connectivity index (χ2n) is 6.26. The summed E-state index contributed by atoms with van der Waals surface area (Å²) in [5, 5.41) is 1.44. The molecule has 0 aliphatic carbocycles. The van der Waals surface area contributed by atoms with Gasteiger partial charge >= 0.3 is 0 Å². The molecule has 0 N–H and O–H groups in total. The van der Waals surface area contributed by atoms with Gasteiger partial charge in [0.25, 0.3) is 0 Å². The smallest absolute Gasteiger partial charge is 0.150 e. The summed E-state index contributed by atoms with van der Waals surface area (Å²) < 4.78 is 0. The molecule has 1 aliphatic heterocycles. The molecule has 0 aromatic heterocycles. The number of benzene rings is 1. The van der Waals surface area contributed by atoms with Gasteiger partial charge in [0.1, 0.15) is 17.5 Å². The minimum absolute atomic E-state index is 0.435. The van der Waals surface area contributed by atoms with Crippen LogP contribution in [0.15, 0.2) is 18.2 Å². The van der Waals surface area contributed by atoms with Crippen LogP contribution in [0.3, 0.4) is 0 Å². The Morgan fingerprint density at radius 1 is 1.10 bits per heavy atom. The Balaban J connectivity index is 2.34. The SMILES string of the molecule is CCCc1cc(C=O)cc(N2OC(C)(C)C(C)(C)O2)c1. The molecule has 20 heavy (non-hydrogen) atoms. The van der Waals surface area contributed by atoms with Crippen LogP contribution in [0.1, 0.15) is 57.0 Å². The van der Waals surface area contributed by atoms with E-state index in [4.69, 9.17) is 9.68 Å². The maximum Gasteiger partial charge on any atom is 0.150 e. The van der Waals surface area contributed by atoms with Gasteiger partial charge in [-0.3, -0.25) is 4.79 Å². The molecule has 1 saturated heterocycles. The Hall–Kier alpha value is -1.39. The number of hydrogen-bond donors (Lipinski definition) is 0. The second kappa shape index (κ2) is 5.19. The Kier molecular flexibility index (Phi) is 3.89. The maximum absolute atomic E-state index is 11.1. The van der Waals surface area contributed by atoms with Crippen molar-refractivity contribution in [3.63, 3.8) is 0 Å². The molecule has 0 bridgehead atoms. The third-order valence-corrected chi connectivity index (χ3v) is 3.96. The number of carbonyl (C=O) groups excluding carboxylic acids is 1. The van der Waals surface area contributed by atoms with Crippen molar-refractivity contribution in [3.05, 3.63) is 29.3 Å². The minimum atomic E-state index is -0.435. The highest BCUT2D eigenvalue weighted by atomic mass is 17.0. The predicted molar refractivity (Wildman–Crippen MR) is 78.6 cm³/mol. The summed E-state index contributed by atoms with van der Waals surface area (Å²) in [6.07, 6.45) is 2.81. The molecule has 0 atom stereocenters. The van der Waals surface area contributed by atoms with Gasteiger partial charge in [0.2, 0.25) is 0 Å². The van der Waals surface area contributed by atoms with Crippen molar-refractivity contribution in [1.29, 1.82) is 0 Å². The fraction of sp³-hybridized carbons (Fsp3) is 0.562. The first-order chi connectivity index (χ1) is 9.29. The minimum Gasteiger partial charge on any atom is -0.298 e. The third-order valence-electron chi connectivity index (χ3n) is 3.96. The molecule has 0 spiro atoms. The van der Waals surface area contributed by atoms with E-state index >= 15 is 0 Å². The van der Waals surface area contributed by atoms with E-state index in [1.807, 2.05) is 39.8 Å². The highest BCUT2D eigenvalue weighted by Crippen LogP contribution is 2.40. The highest BCUT2D eigenvalue weighted by Gasteiger charge is 2.50. The zero-order valence-electron chi connectivity index (χ0n) is 12.9. The number of hydrogen-bond acceptors (Lipinski definition) is 4. The summed E-state index contributed by atoms with van der Waals surface area (Å²) in [4.78, 5) is 22.8. The molecule has 1 aromatic carbocycles. The lowest BCUT2D eigenvalue weighted by Gasteiger charge is -2.26. The van der Waals surface area contributed by atoms with E-state index in [0.717, 1.165) is 30.4 Å². The van der Waals surface area contributed by atoms with E-state index in [-0.39, 0.29) is 0 Å². The first kappa shape index (κ1) is 15.0. The van der Waals surface area contributed by atoms with Crippen molar-refractivity contribution in [3.8, 4) is 0 Å². The van der Waals surface area contributed by atoms with Gasteiger partial charge in [0.05, 0.1) is 5.69 Å². The number of rotatable bonds is 4. The number of carbonyl (C=O) groups is 1. The highest BCUT2D eigenvalue weighted by molar-refractivity contribution is 5.77. The monoisotopic (exact) mass is 277 g/mol. The van der Waals surface area contributed by atoms with Crippen molar-refractivity contribution in [2.45, 2.75) is 58.7 Å². The maximum atomic E-state index is 11.1. The average Bonchev–Trinajstić information content (AvgIpc) is 2.58. The van der Waals surface area contributed by atoms with Gasteiger partial charge in [-0.1, -0.05) is 13.3 Å². The van der Waals surface area contributed by atoms with Crippen LogP contribution in [0.25, 0.3) is 0 Å². The number of anilines is 1. The van der Waals surface area contributed by atoms with Gasteiger partial charge in [-0.2, -0.15) is 0 Å². The molecule has 4 heteroatoms. The van der Waals surface area contributed by atoms with Crippen molar-refractivity contribution in [2.24, 2.45) is 0 Å². The molecule has 1 aromatic rings. The molecule has 110 valence electrons. The van der Waals surface area contributed by atoms with E-state index in [9.17, 15) is 4.79 Å². The van der Waals surface area contributed by atoms with E-state index in [0.29, 0.717) is 5.56 Å². The molecular weight excluding hydrogens is 254 g/mol. The Morgan fingerprint density at radius 3 is 2.20 bits per heavy atom. The van der Waals surface area contributed by atoms with E-state index in [1.54, 1.807) is 6.07 Å². The van der Waals surface area contributed by atoms with Crippen molar-refractivity contribution < 1.29 is 14.5 Å². The average molecular weight is 277 g/mol. The van der Waals surface area contributed by atoms with Crippen molar-refractivity contribution in [2.75, 3.05) is 5.23 Å². The van der Waals surface area contributed by atoms with Crippen LogP contribution in [0.4, 0.5) is 5.69 Å². The van der Waals surface area contributed by atoms with Crippen LogP contribution < -0.4 is 5.23 Å². The van der Waals surface area contributed by atoms with Crippen LogP contribution in [0, 0.1) is 0 Å². The number of nitrogens with zero attached hydrogens (tertiary/aromatic N) is 1. The first-order valence-electron chi connectivity index (χ1n) is 7.06. The lowest BCUT2D eigenvalue weighted by Crippen LogP contribution is -2.41. The van der Waals surface area contributed by atoms with Gasteiger partial charge in [-0.15, -0.1) is 5.23 Å². The first-order valence-corrected chi connectivity index (χ1v) is 7.06. The van der Waals surface area contributed by atoms with Crippen LogP contribution in [-0.2, 0) is 16.1 Å². The molecular formula is C16H23NO3. The molecule has 1 heterocycles.